The van der Waals surface area contributed by atoms with Crippen molar-refractivity contribution in [2.75, 3.05) is 32.2 Å². The van der Waals surface area contributed by atoms with Crippen molar-refractivity contribution in [3.8, 4) is 23.0 Å². The SMILES string of the molecule is CCCCCCCCCCOc1ccc(C(=O)Oc2ccc(CSP3(=O)OC[C@H]4O[C@@H](n5cnc6c(N)ncnc65)[C@@H](F)C4OP(=O)(SCc4ccc(OC(=O)c5ccc(OCCCCCCCCCC)cc5)cc4)OC[C@H]4O[C@@H](n5ccc(=O)oc5=O)[C@@H](F)C4O3)cc2)cc1. The first-order valence-corrected chi connectivity index (χ1v) is 38.8. The van der Waals surface area contributed by atoms with Crippen molar-refractivity contribution in [1.82, 2.24) is 24.1 Å². The zero-order valence-electron chi connectivity index (χ0n) is 53.4. The van der Waals surface area contributed by atoms with E-state index < -0.39 is 99.3 Å². The molecule has 3 fully saturated rings. The average molecular weight is 1410 g/mol. The van der Waals surface area contributed by atoms with Crippen LogP contribution in [0.15, 0.2) is 136 Å². The number of carbonyl (C=O) groups is 2. The largest absolute Gasteiger partial charge is 0.494 e. The molecule has 7 aromatic rings. The van der Waals surface area contributed by atoms with Gasteiger partial charge in [-0.2, -0.15) is 0 Å². The zero-order valence-corrected chi connectivity index (χ0v) is 56.9. The number of rotatable bonds is 32. The van der Waals surface area contributed by atoms with Crippen molar-refractivity contribution in [1.29, 1.82) is 0 Å². The molecule has 0 amide bonds. The number of halogens is 2. The summed E-state index contributed by atoms with van der Waals surface area (Å²) in [5.41, 5.74) is 6.86. The Kier molecular flexibility index (Phi) is 26.3. The number of fused-ring (bicyclic) bond motifs is 3. The van der Waals surface area contributed by atoms with Gasteiger partial charge >= 0.3 is 36.9 Å². The molecule has 10 rings (SSSR count). The molecule has 516 valence electrons. The lowest BCUT2D eigenvalue weighted by molar-refractivity contribution is -0.0570. The van der Waals surface area contributed by atoms with E-state index in [0.717, 1.165) is 44.3 Å². The normalized spacial score (nSPS) is 23.5. The molecule has 4 aromatic carbocycles. The number of imidazole rings is 1. The first-order valence-electron chi connectivity index (χ1n) is 32.6. The predicted molar refractivity (Wildman–Crippen MR) is 358 cm³/mol. The van der Waals surface area contributed by atoms with E-state index in [1.54, 1.807) is 72.8 Å². The molecule has 4 unspecified atom stereocenters. The predicted octanol–water partition coefficient (Wildman–Crippen LogP) is 15.1. The molecule has 96 heavy (non-hydrogen) atoms. The summed E-state index contributed by atoms with van der Waals surface area (Å²) in [4.78, 5) is 64.0. The molecule has 0 spiro atoms. The van der Waals surface area contributed by atoms with Crippen LogP contribution in [-0.2, 0) is 48.2 Å². The van der Waals surface area contributed by atoms with Gasteiger partial charge in [-0.3, -0.25) is 27.2 Å². The second kappa shape index (κ2) is 35.1. The van der Waals surface area contributed by atoms with Gasteiger partial charge in [0.05, 0.1) is 43.9 Å². The third-order valence-corrected chi connectivity index (χ3v) is 23.6. The van der Waals surface area contributed by atoms with Crippen molar-refractivity contribution >= 4 is 65.3 Å². The number of benzene rings is 4. The van der Waals surface area contributed by atoms with Crippen LogP contribution in [0, 0.1) is 0 Å². The van der Waals surface area contributed by atoms with Crippen LogP contribution < -0.4 is 36.1 Å². The molecular weight excluding hydrogens is 1320 g/mol. The Bertz CT molecular complexity index is 3870. The highest BCUT2D eigenvalue weighted by atomic mass is 32.7. The third-order valence-electron chi connectivity index (χ3n) is 16.3. The van der Waals surface area contributed by atoms with E-state index in [9.17, 15) is 19.2 Å². The van der Waals surface area contributed by atoms with Crippen molar-refractivity contribution in [3.63, 3.8) is 0 Å². The van der Waals surface area contributed by atoms with Gasteiger partial charge in [0.1, 0.15) is 59.3 Å². The van der Waals surface area contributed by atoms with E-state index in [4.69, 9.17) is 56.7 Å². The van der Waals surface area contributed by atoms with Gasteiger partial charge in [0.25, 0.3) is 0 Å². The summed E-state index contributed by atoms with van der Waals surface area (Å²) >= 11 is 1.24. The van der Waals surface area contributed by atoms with Gasteiger partial charge in [0.15, 0.2) is 36.3 Å². The van der Waals surface area contributed by atoms with Crippen LogP contribution in [0.5, 0.6) is 23.0 Å². The number of aromatic nitrogens is 5. The Morgan fingerprint density at radius 1 is 0.562 bits per heavy atom. The summed E-state index contributed by atoms with van der Waals surface area (Å²) in [6.45, 7) is -5.54. The molecule has 2 N–H and O–H groups in total. The fourth-order valence-corrected chi connectivity index (χ4v) is 17.7. The highest BCUT2D eigenvalue weighted by Crippen LogP contribution is 2.67. The van der Waals surface area contributed by atoms with Crippen LogP contribution >= 0.6 is 36.4 Å². The standard InChI is InChI=1S/C67H80F2N6O17P2S2/c1-3-5-7-9-11-13-15-17-37-82-49-31-23-47(24-32-49)65(77)86-51-27-19-45(20-28-51)41-95-93(80)85-40-54-60(57(69)64(89-54)75-44-73-58-61(70)71-43-72-62(58)75)92-94(81,84-39-53-59(91-93)56(68)63(88-53)74-36-35-55(76)90-67(74)79)96-42-46-21-29-52(30-22-46)87-66(78)48-25-33-50(34-26-48)83-38-18-16-14-12-10-8-6-4-2/h19-36,43-44,53-54,56-57,59-60,63-64H,3-18,37-42H2,1-2H3,(H2,70,71,72)/t53-,54-,56+,57+,59?,60?,63-,64-,93?,94?/m1/s1. The van der Waals surface area contributed by atoms with Gasteiger partial charge in [-0.15, -0.1) is 0 Å². The number of anilines is 1. The summed E-state index contributed by atoms with van der Waals surface area (Å²) in [6, 6.07) is 26.7. The molecule has 0 saturated carbocycles. The number of carbonyl (C=O) groups excluding carboxylic acids is 2. The van der Waals surface area contributed by atoms with Gasteiger partial charge in [-0.25, -0.2) is 52.0 Å². The summed E-state index contributed by atoms with van der Waals surface area (Å²) in [7, 11) is 0. The molecule has 23 nitrogen and oxygen atoms in total. The first kappa shape index (κ1) is 72.0. The summed E-state index contributed by atoms with van der Waals surface area (Å²) in [5, 5.41) is 0. The fourth-order valence-electron chi connectivity index (χ4n) is 11.0. The van der Waals surface area contributed by atoms with Crippen molar-refractivity contribution in [3.05, 3.63) is 165 Å². The van der Waals surface area contributed by atoms with Crippen LogP contribution in [-0.4, -0.2) is 99.2 Å². The summed E-state index contributed by atoms with van der Waals surface area (Å²) < 4.78 is 132. The molecule has 0 bridgehead atoms. The fraction of sp³-hybridized carbons (Fsp3) is 0.478. The van der Waals surface area contributed by atoms with Crippen LogP contribution in [0.3, 0.4) is 0 Å². The van der Waals surface area contributed by atoms with Gasteiger partial charge in [-0.05, 0) is 120 Å². The zero-order chi connectivity index (χ0) is 67.4. The lowest BCUT2D eigenvalue weighted by Crippen LogP contribution is -2.37. The molecule has 0 radical (unpaired) electrons. The Morgan fingerprint density at radius 3 is 1.44 bits per heavy atom. The minimum absolute atomic E-state index is 0.0109. The van der Waals surface area contributed by atoms with Crippen molar-refractivity contribution in [2.24, 2.45) is 0 Å². The maximum absolute atomic E-state index is 17.5. The topological polar surface area (TPSA) is 282 Å². The van der Waals surface area contributed by atoms with Crippen molar-refractivity contribution < 1.29 is 78.4 Å². The highest BCUT2D eigenvalue weighted by molar-refractivity contribution is 8.55. The minimum atomic E-state index is -4.74. The molecule has 0 aliphatic carbocycles. The molecule has 10 atom stereocenters. The number of nitrogens with zero attached hydrogens (tertiary/aromatic N) is 5. The lowest BCUT2D eigenvalue weighted by atomic mass is 10.1. The minimum Gasteiger partial charge on any atom is -0.494 e. The molecule has 3 aromatic heterocycles. The van der Waals surface area contributed by atoms with Crippen LogP contribution in [0.2, 0.25) is 0 Å². The number of nitrogens with two attached hydrogens (primary N) is 1. The van der Waals surface area contributed by atoms with Crippen LogP contribution in [0.4, 0.5) is 14.6 Å². The number of unbranched alkanes of at least 4 members (excludes halogenated alkanes) is 14. The van der Waals surface area contributed by atoms with Crippen LogP contribution in [0.25, 0.3) is 11.2 Å². The monoisotopic (exact) mass is 1400 g/mol. The van der Waals surface area contributed by atoms with Gasteiger partial charge in [0.2, 0.25) is 0 Å². The number of ether oxygens (including phenoxy) is 6. The Hall–Kier alpha value is -6.77. The maximum Gasteiger partial charge on any atom is 0.424 e. The van der Waals surface area contributed by atoms with Crippen molar-refractivity contribution in [2.45, 2.75) is 177 Å². The molecule has 3 aliphatic rings. The molecule has 3 saturated heterocycles. The summed E-state index contributed by atoms with van der Waals surface area (Å²) in [6.07, 6.45) is 7.17. The number of hydrogen-bond donors (Lipinski definition) is 1. The van der Waals surface area contributed by atoms with Gasteiger partial charge < -0.3 is 38.6 Å². The number of hydrogen-bond acceptors (Lipinski definition) is 23. The Balaban J connectivity index is 0.825. The van der Waals surface area contributed by atoms with E-state index >= 15 is 17.9 Å². The second-order valence-corrected chi connectivity index (χ2v) is 31.5. The highest BCUT2D eigenvalue weighted by Gasteiger charge is 2.55. The number of esters is 2. The quantitative estimate of drug-likeness (QED) is 0.0177. The van der Waals surface area contributed by atoms with Gasteiger partial charge in [0, 0.05) is 23.8 Å². The first-order chi connectivity index (χ1) is 46.6. The van der Waals surface area contributed by atoms with E-state index in [2.05, 4.69) is 28.8 Å². The maximum atomic E-state index is 17.5. The summed E-state index contributed by atoms with van der Waals surface area (Å²) in [5.74, 6) is -1.15. The molecule has 6 heterocycles. The van der Waals surface area contributed by atoms with Gasteiger partial charge in [-0.1, -0.05) is 128 Å². The number of nitrogen functional groups attached to an aromatic ring is 1. The lowest BCUT2D eigenvalue weighted by Gasteiger charge is -2.30. The third kappa shape index (κ3) is 19.7. The molecule has 29 heteroatoms. The number of alkyl halides is 2. The molecule has 3 aliphatic heterocycles. The Labute approximate surface area is 562 Å². The van der Waals surface area contributed by atoms with E-state index in [1.807, 2.05) is 0 Å². The smallest absolute Gasteiger partial charge is 0.424 e. The van der Waals surface area contributed by atoms with E-state index in [0.29, 0.717) is 74.3 Å². The van der Waals surface area contributed by atoms with E-state index in [-0.39, 0.29) is 40.0 Å². The second-order valence-electron chi connectivity index (χ2n) is 23.4. The van der Waals surface area contributed by atoms with E-state index in [1.165, 1.54) is 112 Å². The molecular formula is C67H80F2N6O17P2S2. The Morgan fingerprint density at radius 2 is 0.990 bits per heavy atom. The van der Waals surface area contributed by atoms with Crippen LogP contribution in [0.1, 0.15) is 161 Å². The average Bonchev–Trinajstić information content (AvgIpc) is 1.60.